The van der Waals surface area contributed by atoms with Crippen molar-refractivity contribution in [3.8, 4) is 0 Å². The van der Waals surface area contributed by atoms with E-state index < -0.39 is 11.2 Å². The van der Waals surface area contributed by atoms with Gasteiger partial charge in [-0.15, -0.1) is 11.8 Å². The third-order valence-electron chi connectivity index (χ3n) is 2.62. The molecule has 0 aliphatic rings. The van der Waals surface area contributed by atoms with E-state index in [0.717, 1.165) is 5.56 Å². The van der Waals surface area contributed by atoms with E-state index >= 15 is 0 Å². The molecule has 2 atom stereocenters. The Hall–Kier alpha value is -0.960. The van der Waals surface area contributed by atoms with Crippen LogP contribution in [0.5, 0.6) is 0 Å². The predicted molar refractivity (Wildman–Crippen MR) is 68.7 cm³/mol. The van der Waals surface area contributed by atoms with Crippen LogP contribution >= 0.6 is 11.8 Å². The molecule has 3 heteroatoms. The van der Waals surface area contributed by atoms with Crippen LogP contribution in [0.4, 0.5) is 0 Å². The third-order valence-corrected chi connectivity index (χ3v) is 4.34. The predicted octanol–water partition coefficient (Wildman–Crippen LogP) is 3.59. The molecule has 1 N–H and O–H groups in total. The molecular formula is C13H18O2S. The Bertz CT molecular complexity index is 335. The minimum atomic E-state index is -0.760. The summed E-state index contributed by atoms with van der Waals surface area (Å²) < 4.78 is 0. The molecule has 2 unspecified atom stereocenters. The van der Waals surface area contributed by atoms with E-state index in [1.54, 1.807) is 0 Å². The highest BCUT2D eigenvalue weighted by atomic mass is 32.2. The highest BCUT2D eigenvalue weighted by Crippen LogP contribution is 2.35. The first-order valence-corrected chi connectivity index (χ1v) is 6.40. The molecule has 88 valence electrons. The lowest BCUT2D eigenvalue weighted by atomic mass is 10.1. The average Bonchev–Trinajstić information content (AvgIpc) is 2.26. The zero-order valence-electron chi connectivity index (χ0n) is 9.88. The topological polar surface area (TPSA) is 37.3 Å². The molecule has 0 bridgehead atoms. The molecule has 0 fully saturated rings. The lowest BCUT2D eigenvalue weighted by molar-refractivity contribution is -0.136. The molecule has 16 heavy (non-hydrogen) atoms. The number of hydrogen-bond acceptors (Lipinski definition) is 2. The zero-order valence-corrected chi connectivity index (χ0v) is 10.7. The van der Waals surface area contributed by atoms with Gasteiger partial charge in [0.2, 0.25) is 0 Å². The number of carboxylic acid groups (broad SMARTS) is 1. The van der Waals surface area contributed by atoms with Crippen LogP contribution in [0.25, 0.3) is 0 Å². The fourth-order valence-corrected chi connectivity index (χ4v) is 2.45. The van der Waals surface area contributed by atoms with Crippen molar-refractivity contribution in [1.82, 2.24) is 0 Å². The van der Waals surface area contributed by atoms with Gasteiger partial charge < -0.3 is 5.11 Å². The van der Waals surface area contributed by atoms with Crippen molar-refractivity contribution >= 4 is 17.7 Å². The SMILES string of the molecule is CC(C)C(C)SC(C(=O)O)c1ccccc1. The molecule has 1 rings (SSSR count). The summed E-state index contributed by atoms with van der Waals surface area (Å²) in [4.78, 5) is 11.2. The molecule has 1 aromatic rings. The van der Waals surface area contributed by atoms with Crippen LogP contribution in [0.1, 0.15) is 31.6 Å². The molecule has 0 amide bonds. The van der Waals surface area contributed by atoms with E-state index in [-0.39, 0.29) is 0 Å². The summed E-state index contributed by atoms with van der Waals surface area (Å²) in [6.07, 6.45) is 0. The second kappa shape index (κ2) is 5.94. The van der Waals surface area contributed by atoms with Gasteiger partial charge in [-0.2, -0.15) is 0 Å². The van der Waals surface area contributed by atoms with Crippen molar-refractivity contribution in [3.63, 3.8) is 0 Å². The molecule has 0 aliphatic heterocycles. The lowest BCUT2D eigenvalue weighted by Gasteiger charge is -2.20. The Morgan fingerprint density at radius 2 is 1.75 bits per heavy atom. The zero-order chi connectivity index (χ0) is 12.1. The third kappa shape index (κ3) is 3.56. The monoisotopic (exact) mass is 238 g/mol. The molecular weight excluding hydrogens is 220 g/mol. The van der Waals surface area contributed by atoms with Crippen LogP contribution in [-0.2, 0) is 4.79 Å². The number of carboxylic acids is 1. The highest BCUT2D eigenvalue weighted by molar-refractivity contribution is 8.00. The Morgan fingerprint density at radius 3 is 2.19 bits per heavy atom. The quantitative estimate of drug-likeness (QED) is 0.851. The van der Waals surface area contributed by atoms with Gasteiger partial charge in [0.05, 0.1) is 0 Å². The minimum absolute atomic E-state index is 0.335. The van der Waals surface area contributed by atoms with Gasteiger partial charge in [-0.05, 0) is 11.5 Å². The number of hydrogen-bond donors (Lipinski definition) is 1. The number of rotatable bonds is 5. The van der Waals surface area contributed by atoms with E-state index in [4.69, 9.17) is 0 Å². The van der Waals surface area contributed by atoms with Crippen LogP contribution in [0.3, 0.4) is 0 Å². The number of thioether (sulfide) groups is 1. The second-order valence-corrected chi connectivity index (χ2v) is 5.70. The van der Waals surface area contributed by atoms with E-state index in [0.29, 0.717) is 11.2 Å². The van der Waals surface area contributed by atoms with E-state index in [2.05, 4.69) is 20.8 Å². The van der Waals surface area contributed by atoms with Gasteiger partial charge >= 0.3 is 5.97 Å². The van der Waals surface area contributed by atoms with E-state index in [1.165, 1.54) is 11.8 Å². The molecule has 1 aromatic carbocycles. The van der Waals surface area contributed by atoms with Gasteiger partial charge in [0.25, 0.3) is 0 Å². The molecule has 0 aliphatic carbocycles. The Labute approximate surface area is 101 Å². The highest BCUT2D eigenvalue weighted by Gasteiger charge is 2.23. The smallest absolute Gasteiger partial charge is 0.321 e. The fourth-order valence-electron chi connectivity index (χ4n) is 1.28. The van der Waals surface area contributed by atoms with Gasteiger partial charge in [0.1, 0.15) is 5.25 Å². The van der Waals surface area contributed by atoms with Gasteiger partial charge in [0.15, 0.2) is 0 Å². The molecule has 2 nitrogen and oxygen atoms in total. The largest absolute Gasteiger partial charge is 0.480 e. The first-order chi connectivity index (χ1) is 7.52. The molecule has 0 heterocycles. The van der Waals surface area contributed by atoms with E-state index in [9.17, 15) is 9.90 Å². The van der Waals surface area contributed by atoms with Crippen molar-refractivity contribution in [2.24, 2.45) is 5.92 Å². The fraction of sp³-hybridized carbons (Fsp3) is 0.462. The van der Waals surface area contributed by atoms with Gasteiger partial charge in [-0.25, -0.2) is 0 Å². The lowest BCUT2D eigenvalue weighted by Crippen LogP contribution is -2.15. The summed E-state index contributed by atoms with van der Waals surface area (Å²) in [6.45, 7) is 6.30. The Balaban J connectivity index is 2.81. The molecule has 0 saturated carbocycles. The summed E-state index contributed by atoms with van der Waals surface area (Å²) in [5, 5.41) is 9.11. The van der Waals surface area contributed by atoms with E-state index in [1.807, 2.05) is 30.3 Å². The summed E-state index contributed by atoms with van der Waals surface area (Å²) in [7, 11) is 0. The maximum atomic E-state index is 11.2. The molecule has 0 aromatic heterocycles. The van der Waals surface area contributed by atoms with Crippen molar-refractivity contribution in [2.75, 3.05) is 0 Å². The van der Waals surface area contributed by atoms with Crippen molar-refractivity contribution in [2.45, 2.75) is 31.3 Å². The summed E-state index contributed by atoms with van der Waals surface area (Å²) in [6, 6.07) is 9.41. The minimum Gasteiger partial charge on any atom is -0.480 e. The molecule has 0 radical (unpaired) electrons. The summed E-state index contributed by atoms with van der Waals surface area (Å²) in [5.74, 6) is -0.278. The number of carbonyl (C=O) groups is 1. The first-order valence-electron chi connectivity index (χ1n) is 5.45. The Morgan fingerprint density at radius 1 is 1.19 bits per heavy atom. The molecule has 0 saturated heterocycles. The maximum absolute atomic E-state index is 11.2. The molecule has 0 spiro atoms. The van der Waals surface area contributed by atoms with Crippen LogP contribution in [-0.4, -0.2) is 16.3 Å². The van der Waals surface area contributed by atoms with Crippen LogP contribution < -0.4 is 0 Å². The Kier molecular flexibility index (Phi) is 4.87. The summed E-state index contributed by atoms with van der Waals surface area (Å²) in [5.41, 5.74) is 0.868. The first kappa shape index (κ1) is 13.1. The second-order valence-electron chi connectivity index (χ2n) is 4.21. The van der Waals surface area contributed by atoms with Crippen molar-refractivity contribution in [3.05, 3.63) is 35.9 Å². The van der Waals surface area contributed by atoms with Gasteiger partial charge in [-0.3, -0.25) is 4.79 Å². The number of benzene rings is 1. The van der Waals surface area contributed by atoms with Crippen LogP contribution in [0.2, 0.25) is 0 Å². The van der Waals surface area contributed by atoms with Gasteiger partial charge in [-0.1, -0.05) is 51.1 Å². The van der Waals surface area contributed by atoms with Crippen LogP contribution in [0.15, 0.2) is 30.3 Å². The standard InChI is InChI=1S/C13H18O2S/c1-9(2)10(3)16-12(13(14)15)11-7-5-4-6-8-11/h4-10,12H,1-3H3,(H,14,15). The van der Waals surface area contributed by atoms with Crippen LogP contribution in [0, 0.1) is 5.92 Å². The summed E-state index contributed by atoms with van der Waals surface area (Å²) >= 11 is 1.51. The van der Waals surface area contributed by atoms with Crippen molar-refractivity contribution < 1.29 is 9.90 Å². The maximum Gasteiger partial charge on any atom is 0.321 e. The van der Waals surface area contributed by atoms with Gasteiger partial charge in [0, 0.05) is 5.25 Å². The normalized spacial score (nSPS) is 14.8. The average molecular weight is 238 g/mol. The number of aliphatic carboxylic acids is 1. The van der Waals surface area contributed by atoms with Crippen molar-refractivity contribution in [1.29, 1.82) is 0 Å².